The number of benzene rings is 1. The lowest BCUT2D eigenvalue weighted by atomic mass is 10.1. The van der Waals surface area contributed by atoms with Crippen molar-refractivity contribution in [1.82, 2.24) is 15.5 Å². The maximum atomic E-state index is 11.8. The summed E-state index contributed by atoms with van der Waals surface area (Å²) in [7, 11) is 1.80. The van der Waals surface area contributed by atoms with E-state index in [4.69, 9.17) is 0 Å². The molecule has 0 aromatic heterocycles. The fourth-order valence-electron chi connectivity index (χ4n) is 3.03. The Labute approximate surface area is 138 Å². The summed E-state index contributed by atoms with van der Waals surface area (Å²) >= 11 is 0. The van der Waals surface area contributed by atoms with Crippen LogP contribution in [-0.2, 0) is 17.9 Å². The Morgan fingerprint density at radius 1 is 1.35 bits per heavy atom. The predicted molar refractivity (Wildman–Crippen MR) is 92.0 cm³/mol. The summed E-state index contributed by atoms with van der Waals surface area (Å²) < 4.78 is 0. The first-order chi connectivity index (χ1) is 11.2. The summed E-state index contributed by atoms with van der Waals surface area (Å²) in [5.41, 5.74) is 2.43. The smallest absolute Gasteiger partial charge is 0.222 e. The zero-order valence-corrected chi connectivity index (χ0v) is 14.0. The van der Waals surface area contributed by atoms with Crippen molar-refractivity contribution >= 4 is 11.9 Å². The normalized spacial score (nSPS) is 24.0. The quantitative estimate of drug-likeness (QED) is 0.644. The number of nitrogens with one attached hydrogen (secondary N) is 2. The number of nitrogens with zero attached hydrogens (tertiary/aromatic N) is 2. The molecule has 1 aromatic rings. The molecule has 0 spiro atoms. The molecule has 2 unspecified atom stereocenters. The Kier molecular flexibility index (Phi) is 4.84. The van der Waals surface area contributed by atoms with E-state index in [9.17, 15) is 4.79 Å². The molecular formula is C18H26N4O. The summed E-state index contributed by atoms with van der Waals surface area (Å²) in [6, 6.07) is 8.88. The third-order valence-corrected chi connectivity index (χ3v) is 4.75. The zero-order chi connectivity index (χ0) is 16.2. The van der Waals surface area contributed by atoms with Gasteiger partial charge in [-0.25, -0.2) is 0 Å². The zero-order valence-electron chi connectivity index (χ0n) is 14.0. The molecule has 5 heteroatoms. The van der Waals surface area contributed by atoms with E-state index in [1.54, 1.807) is 7.05 Å². The molecule has 2 aliphatic rings. The lowest BCUT2D eigenvalue weighted by Gasteiger charge is -2.19. The van der Waals surface area contributed by atoms with Crippen molar-refractivity contribution in [1.29, 1.82) is 0 Å². The van der Waals surface area contributed by atoms with Crippen LogP contribution in [0.15, 0.2) is 29.3 Å². The molecule has 1 heterocycles. The van der Waals surface area contributed by atoms with E-state index in [1.165, 1.54) is 17.5 Å². The van der Waals surface area contributed by atoms with Gasteiger partial charge in [-0.05, 0) is 29.9 Å². The Morgan fingerprint density at radius 3 is 2.70 bits per heavy atom. The number of likely N-dealkylation sites (tertiary alicyclic amines) is 1. The van der Waals surface area contributed by atoms with E-state index in [0.717, 1.165) is 31.4 Å². The summed E-state index contributed by atoms with van der Waals surface area (Å²) in [6.45, 7) is 4.55. The average Bonchev–Trinajstić information content (AvgIpc) is 3.10. The van der Waals surface area contributed by atoms with Crippen LogP contribution in [0.3, 0.4) is 0 Å². The largest absolute Gasteiger partial charge is 0.353 e. The molecule has 1 saturated heterocycles. The minimum absolute atomic E-state index is 0.271. The summed E-state index contributed by atoms with van der Waals surface area (Å²) in [6.07, 6.45) is 2.89. The first kappa shape index (κ1) is 15.8. The van der Waals surface area contributed by atoms with Crippen LogP contribution < -0.4 is 10.6 Å². The van der Waals surface area contributed by atoms with Gasteiger partial charge in [-0.15, -0.1) is 0 Å². The molecule has 1 aromatic carbocycles. The van der Waals surface area contributed by atoms with Gasteiger partial charge in [-0.3, -0.25) is 9.79 Å². The van der Waals surface area contributed by atoms with Gasteiger partial charge in [0, 0.05) is 39.1 Å². The monoisotopic (exact) mass is 314 g/mol. The van der Waals surface area contributed by atoms with E-state index in [-0.39, 0.29) is 5.91 Å². The highest BCUT2D eigenvalue weighted by atomic mass is 16.2. The molecule has 1 aliphatic carbocycles. The van der Waals surface area contributed by atoms with E-state index in [1.807, 2.05) is 17.0 Å². The average molecular weight is 314 g/mol. The van der Waals surface area contributed by atoms with Crippen molar-refractivity contribution in [3.8, 4) is 0 Å². The molecule has 124 valence electrons. The van der Waals surface area contributed by atoms with Gasteiger partial charge in [0.1, 0.15) is 0 Å². The molecule has 1 saturated carbocycles. The predicted octanol–water partition coefficient (Wildman–Crippen LogP) is 1.88. The Bertz CT molecular complexity index is 598. The second kappa shape index (κ2) is 7.02. The third kappa shape index (κ3) is 4.03. The lowest BCUT2D eigenvalue weighted by molar-refractivity contribution is -0.128. The second-order valence-electron chi connectivity index (χ2n) is 6.58. The molecule has 2 N–H and O–H groups in total. The molecule has 0 bridgehead atoms. The lowest BCUT2D eigenvalue weighted by Crippen LogP contribution is -2.38. The summed E-state index contributed by atoms with van der Waals surface area (Å²) in [5, 5.41) is 6.82. The van der Waals surface area contributed by atoms with Crippen molar-refractivity contribution in [2.45, 2.75) is 45.3 Å². The highest BCUT2D eigenvalue weighted by molar-refractivity contribution is 5.80. The number of carbonyl (C=O) groups excluding carboxylic acids is 1. The van der Waals surface area contributed by atoms with Crippen LogP contribution >= 0.6 is 0 Å². The molecule has 1 aliphatic heterocycles. The van der Waals surface area contributed by atoms with Crippen LogP contribution in [0, 0.1) is 5.92 Å². The molecule has 2 atom stereocenters. The van der Waals surface area contributed by atoms with Crippen LogP contribution in [0.4, 0.5) is 0 Å². The maximum absolute atomic E-state index is 11.8. The van der Waals surface area contributed by atoms with Crippen molar-refractivity contribution in [2.75, 3.05) is 13.6 Å². The maximum Gasteiger partial charge on any atom is 0.222 e. The number of guanidine groups is 1. The molecule has 23 heavy (non-hydrogen) atoms. The highest BCUT2D eigenvalue weighted by Gasteiger charge is 2.33. The van der Waals surface area contributed by atoms with Gasteiger partial charge in [0.15, 0.2) is 5.96 Å². The topological polar surface area (TPSA) is 56.7 Å². The number of rotatable bonds is 5. The van der Waals surface area contributed by atoms with Gasteiger partial charge >= 0.3 is 0 Å². The first-order valence-electron chi connectivity index (χ1n) is 8.49. The van der Waals surface area contributed by atoms with Gasteiger partial charge in [0.05, 0.1) is 0 Å². The fourth-order valence-corrected chi connectivity index (χ4v) is 3.03. The van der Waals surface area contributed by atoms with Crippen molar-refractivity contribution < 1.29 is 4.79 Å². The number of amides is 1. The molecule has 3 rings (SSSR count). The van der Waals surface area contributed by atoms with Crippen LogP contribution in [0.2, 0.25) is 0 Å². The molecule has 0 radical (unpaired) electrons. The van der Waals surface area contributed by atoms with E-state index < -0.39 is 0 Å². The Hall–Kier alpha value is -2.04. The Balaban J connectivity index is 1.59. The summed E-state index contributed by atoms with van der Waals surface area (Å²) in [5.74, 6) is 1.86. The highest BCUT2D eigenvalue weighted by Crippen LogP contribution is 2.28. The summed E-state index contributed by atoms with van der Waals surface area (Å²) in [4.78, 5) is 18.1. The van der Waals surface area contributed by atoms with E-state index >= 15 is 0 Å². The van der Waals surface area contributed by atoms with Gasteiger partial charge in [0.2, 0.25) is 5.91 Å². The van der Waals surface area contributed by atoms with Crippen LogP contribution in [0.25, 0.3) is 0 Å². The number of hydrogen-bond acceptors (Lipinski definition) is 2. The fraction of sp³-hybridized carbons (Fsp3) is 0.556. The van der Waals surface area contributed by atoms with E-state index in [2.05, 4.69) is 34.7 Å². The van der Waals surface area contributed by atoms with Crippen molar-refractivity contribution in [2.24, 2.45) is 10.9 Å². The minimum Gasteiger partial charge on any atom is -0.353 e. The van der Waals surface area contributed by atoms with Crippen molar-refractivity contribution in [3.05, 3.63) is 35.4 Å². The second-order valence-corrected chi connectivity index (χ2v) is 6.58. The number of carbonyl (C=O) groups is 1. The molecule has 2 fully saturated rings. The SMILES string of the molecule is CN=C(NCc1ccccc1CN1CCCC1=O)NC1CC1C. The van der Waals surface area contributed by atoms with Gasteiger partial charge in [0.25, 0.3) is 0 Å². The molecule has 5 nitrogen and oxygen atoms in total. The molecular weight excluding hydrogens is 288 g/mol. The van der Waals surface area contributed by atoms with Gasteiger partial charge in [-0.1, -0.05) is 31.2 Å². The first-order valence-corrected chi connectivity index (χ1v) is 8.49. The number of hydrogen-bond donors (Lipinski definition) is 2. The van der Waals surface area contributed by atoms with Crippen LogP contribution in [0.1, 0.15) is 37.3 Å². The van der Waals surface area contributed by atoms with E-state index in [0.29, 0.717) is 19.0 Å². The third-order valence-electron chi connectivity index (χ3n) is 4.75. The number of aliphatic imine (C=N–C) groups is 1. The van der Waals surface area contributed by atoms with Crippen LogP contribution in [0.5, 0.6) is 0 Å². The van der Waals surface area contributed by atoms with Crippen LogP contribution in [-0.4, -0.2) is 36.4 Å². The Morgan fingerprint density at radius 2 is 2.09 bits per heavy atom. The van der Waals surface area contributed by atoms with Gasteiger partial charge in [-0.2, -0.15) is 0 Å². The van der Waals surface area contributed by atoms with Gasteiger partial charge < -0.3 is 15.5 Å². The standard InChI is InChI=1S/C18H26N4O/c1-13-10-16(13)21-18(19-2)20-11-14-6-3-4-7-15(14)12-22-9-5-8-17(22)23/h3-4,6-7,13,16H,5,8-12H2,1-2H3,(H2,19,20,21). The van der Waals surface area contributed by atoms with Crippen molar-refractivity contribution in [3.63, 3.8) is 0 Å². The minimum atomic E-state index is 0.271. The molecule has 1 amide bonds.